The molecule has 1 saturated heterocycles. The molecule has 0 radical (unpaired) electrons. The summed E-state index contributed by atoms with van der Waals surface area (Å²) in [6.07, 6.45) is 6.17. The zero-order valence-electron chi connectivity index (χ0n) is 17.1. The van der Waals surface area contributed by atoms with Crippen LogP contribution in [0.2, 0.25) is 0 Å². The van der Waals surface area contributed by atoms with Crippen molar-refractivity contribution in [1.82, 2.24) is 24.9 Å². The van der Waals surface area contributed by atoms with Crippen molar-refractivity contribution in [3.05, 3.63) is 47.2 Å². The second kappa shape index (κ2) is 6.75. The van der Waals surface area contributed by atoms with Crippen LogP contribution in [0.25, 0.3) is 10.9 Å². The first-order chi connectivity index (χ1) is 14.4. The smallest absolute Gasteiger partial charge is 0.253 e. The molecule has 0 saturated carbocycles. The van der Waals surface area contributed by atoms with E-state index in [9.17, 15) is 14.0 Å². The number of carbonyl (C=O) groups is 2. The molecule has 1 aromatic carbocycles. The number of Topliss-reactive ketones (excluding diaryl/α,β-unsaturated/α-hetero) is 1. The molecule has 1 aliphatic carbocycles. The highest BCUT2D eigenvalue weighted by atomic mass is 19.1. The number of nitrogens with zero attached hydrogens (tertiary/aromatic N) is 4. The van der Waals surface area contributed by atoms with Gasteiger partial charge in [0.2, 0.25) is 0 Å². The molecule has 1 spiro atoms. The van der Waals surface area contributed by atoms with Gasteiger partial charge < -0.3 is 4.90 Å². The van der Waals surface area contributed by atoms with Crippen LogP contribution in [0.3, 0.4) is 0 Å². The predicted molar refractivity (Wildman–Crippen MR) is 109 cm³/mol. The Morgan fingerprint density at radius 1 is 1.20 bits per heavy atom. The number of benzene rings is 1. The summed E-state index contributed by atoms with van der Waals surface area (Å²) in [6, 6.07) is 3.09. The molecule has 2 aromatic heterocycles. The SMILES string of the molecule is CC(C)n1ncc2c1C(=O)CC1(CCN(C(=O)c3cc(F)c4[nH]ncc4c3)CC1)C2. The molecule has 0 atom stereocenters. The van der Waals surface area contributed by atoms with Crippen molar-refractivity contribution in [2.24, 2.45) is 5.41 Å². The van der Waals surface area contributed by atoms with Gasteiger partial charge in [0.1, 0.15) is 17.0 Å². The van der Waals surface area contributed by atoms with Gasteiger partial charge in [-0.15, -0.1) is 0 Å². The lowest BCUT2D eigenvalue weighted by atomic mass is 9.67. The number of aromatic amines is 1. The third-order valence-corrected chi connectivity index (χ3v) is 6.58. The van der Waals surface area contributed by atoms with Gasteiger partial charge in [-0.05, 0) is 50.7 Å². The van der Waals surface area contributed by atoms with E-state index in [1.165, 1.54) is 12.3 Å². The number of halogens is 1. The summed E-state index contributed by atoms with van der Waals surface area (Å²) in [5.41, 5.74) is 2.29. The third-order valence-electron chi connectivity index (χ3n) is 6.58. The van der Waals surface area contributed by atoms with E-state index in [1.54, 1.807) is 11.0 Å². The zero-order valence-corrected chi connectivity index (χ0v) is 17.1. The van der Waals surface area contributed by atoms with Crippen molar-refractivity contribution in [3.8, 4) is 0 Å². The average Bonchev–Trinajstić information content (AvgIpc) is 3.35. The number of carbonyl (C=O) groups excluding carboxylic acids is 2. The van der Waals surface area contributed by atoms with Crippen LogP contribution in [-0.2, 0) is 6.42 Å². The van der Waals surface area contributed by atoms with E-state index in [1.807, 2.05) is 24.7 Å². The quantitative estimate of drug-likeness (QED) is 0.702. The Morgan fingerprint density at radius 3 is 2.70 bits per heavy atom. The number of nitrogens with one attached hydrogen (secondary N) is 1. The highest BCUT2D eigenvalue weighted by Crippen LogP contribution is 2.44. The van der Waals surface area contributed by atoms with Crippen LogP contribution in [0.1, 0.15) is 65.6 Å². The van der Waals surface area contributed by atoms with Crippen molar-refractivity contribution in [2.75, 3.05) is 13.1 Å². The maximum atomic E-state index is 14.2. The summed E-state index contributed by atoms with van der Waals surface area (Å²) < 4.78 is 16.1. The van der Waals surface area contributed by atoms with E-state index in [0.717, 1.165) is 30.5 Å². The number of likely N-dealkylation sites (tertiary alicyclic amines) is 1. The summed E-state index contributed by atoms with van der Waals surface area (Å²) in [5.74, 6) is -0.508. The standard InChI is InChI=1S/C22H24FN5O2/c1-13(2)28-20-16(12-25-28)9-22(10-18(20)29)3-5-27(6-4-22)21(30)14-7-15-11-24-26-19(15)17(23)8-14/h7-8,11-13H,3-6,9-10H2,1-2H3,(H,24,26). The Bertz CT molecular complexity index is 1150. The number of rotatable bonds is 2. The first-order valence-electron chi connectivity index (χ1n) is 10.4. The lowest BCUT2D eigenvalue weighted by molar-refractivity contribution is 0.0517. The molecule has 156 valence electrons. The summed E-state index contributed by atoms with van der Waals surface area (Å²) in [7, 11) is 0. The molecule has 1 fully saturated rings. The fourth-order valence-corrected chi connectivity index (χ4v) is 4.97. The van der Waals surface area contributed by atoms with Gasteiger partial charge in [-0.2, -0.15) is 10.2 Å². The maximum absolute atomic E-state index is 14.2. The minimum Gasteiger partial charge on any atom is -0.339 e. The van der Waals surface area contributed by atoms with Crippen LogP contribution in [0, 0.1) is 11.2 Å². The van der Waals surface area contributed by atoms with Gasteiger partial charge in [0.25, 0.3) is 5.91 Å². The number of H-pyrrole nitrogens is 1. The lowest BCUT2D eigenvalue weighted by Crippen LogP contribution is -2.46. The van der Waals surface area contributed by atoms with Gasteiger partial charge >= 0.3 is 0 Å². The second-order valence-electron chi connectivity index (χ2n) is 8.92. The minimum atomic E-state index is -0.477. The highest BCUT2D eigenvalue weighted by molar-refractivity contribution is 5.99. The molecule has 1 amide bonds. The molecule has 2 aliphatic rings. The summed E-state index contributed by atoms with van der Waals surface area (Å²) in [6.45, 7) is 5.17. The number of fused-ring (bicyclic) bond motifs is 2. The van der Waals surface area contributed by atoms with Crippen molar-refractivity contribution in [2.45, 2.75) is 45.6 Å². The molecule has 3 heterocycles. The largest absolute Gasteiger partial charge is 0.339 e. The van der Waals surface area contributed by atoms with Gasteiger partial charge in [0.05, 0.1) is 12.4 Å². The van der Waals surface area contributed by atoms with E-state index in [4.69, 9.17) is 0 Å². The monoisotopic (exact) mass is 409 g/mol. The van der Waals surface area contributed by atoms with Gasteiger partial charge in [-0.3, -0.25) is 19.4 Å². The number of piperidine rings is 1. The molecule has 0 bridgehead atoms. The van der Waals surface area contributed by atoms with Crippen molar-refractivity contribution in [1.29, 1.82) is 0 Å². The van der Waals surface area contributed by atoms with Crippen LogP contribution >= 0.6 is 0 Å². The van der Waals surface area contributed by atoms with Crippen molar-refractivity contribution in [3.63, 3.8) is 0 Å². The van der Waals surface area contributed by atoms with Gasteiger partial charge in [-0.25, -0.2) is 4.39 Å². The molecule has 3 aromatic rings. The maximum Gasteiger partial charge on any atom is 0.253 e. The molecule has 8 heteroatoms. The Hall–Kier alpha value is -3.03. The molecule has 5 rings (SSSR count). The predicted octanol–water partition coefficient (Wildman–Crippen LogP) is 3.53. The first-order valence-corrected chi connectivity index (χ1v) is 10.4. The topological polar surface area (TPSA) is 83.9 Å². The Morgan fingerprint density at radius 2 is 1.97 bits per heavy atom. The molecule has 0 unspecified atom stereocenters. The van der Waals surface area contributed by atoms with E-state index in [-0.39, 0.29) is 23.1 Å². The fraction of sp³-hybridized carbons (Fsp3) is 0.455. The fourth-order valence-electron chi connectivity index (χ4n) is 4.97. The van der Waals surface area contributed by atoms with Crippen molar-refractivity contribution >= 4 is 22.6 Å². The lowest BCUT2D eigenvalue weighted by Gasteiger charge is -2.43. The molecule has 7 nitrogen and oxygen atoms in total. The minimum absolute atomic E-state index is 0.120. The molecular weight excluding hydrogens is 385 g/mol. The third kappa shape index (κ3) is 2.93. The van der Waals surface area contributed by atoms with Crippen LogP contribution in [0.5, 0.6) is 0 Å². The van der Waals surface area contributed by atoms with Crippen LogP contribution in [0.15, 0.2) is 24.5 Å². The van der Waals surface area contributed by atoms with Crippen molar-refractivity contribution < 1.29 is 14.0 Å². The number of hydrogen-bond donors (Lipinski definition) is 1. The molecule has 1 N–H and O–H groups in total. The van der Waals surface area contributed by atoms with Crippen LogP contribution in [-0.4, -0.2) is 49.7 Å². The average molecular weight is 409 g/mol. The first kappa shape index (κ1) is 19.0. The van der Waals surface area contributed by atoms with Gasteiger partial charge in [-0.1, -0.05) is 0 Å². The summed E-state index contributed by atoms with van der Waals surface area (Å²) in [4.78, 5) is 27.7. The molecular formula is C22H24FN5O2. The Balaban J connectivity index is 1.33. The zero-order chi connectivity index (χ0) is 21.0. The normalized spacial score (nSPS) is 18.4. The molecule has 1 aliphatic heterocycles. The number of hydrogen-bond acceptors (Lipinski definition) is 4. The number of amides is 1. The van der Waals surface area contributed by atoms with Gasteiger partial charge in [0.15, 0.2) is 5.78 Å². The van der Waals surface area contributed by atoms with Crippen LogP contribution < -0.4 is 0 Å². The van der Waals surface area contributed by atoms with E-state index < -0.39 is 5.82 Å². The van der Waals surface area contributed by atoms with E-state index >= 15 is 0 Å². The Kier molecular flexibility index (Phi) is 4.27. The number of ketones is 1. The summed E-state index contributed by atoms with van der Waals surface area (Å²) in [5, 5.41) is 11.5. The highest BCUT2D eigenvalue weighted by Gasteiger charge is 2.43. The number of aromatic nitrogens is 4. The molecule has 30 heavy (non-hydrogen) atoms. The van der Waals surface area contributed by atoms with Gasteiger partial charge in [0, 0.05) is 42.1 Å². The van der Waals surface area contributed by atoms with E-state index in [2.05, 4.69) is 15.3 Å². The van der Waals surface area contributed by atoms with Crippen LogP contribution in [0.4, 0.5) is 4.39 Å². The Labute approximate surface area is 173 Å². The van der Waals surface area contributed by atoms with E-state index in [0.29, 0.717) is 36.0 Å². The second-order valence-corrected chi connectivity index (χ2v) is 8.92. The summed E-state index contributed by atoms with van der Waals surface area (Å²) >= 11 is 0.